The van der Waals surface area contributed by atoms with Crippen LogP contribution in [0, 0.1) is 0 Å². The number of halogens is 2. The van der Waals surface area contributed by atoms with E-state index >= 15 is 0 Å². The van der Waals surface area contributed by atoms with Gasteiger partial charge in [0.25, 0.3) is 0 Å². The van der Waals surface area contributed by atoms with E-state index in [0.717, 1.165) is 19.9 Å². The molecule has 0 radical (unpaired) electrons. The fourth-order valence-electron chi connectivity index (χ4n) is 2.11. The number of amides is 1. The highest BCUT2D eigenvalue weighted by molar-refractivity contribution is 9.10. The predicted octanol–water partition coefficient (Wildman–Crippen LogP) is 3.78. The number of benzene rings is 2. The molecular weight excluding hydrogens is 460 g/mol. The van der Waals surface area contributed by atoms with Gasteiger partial charge < -0.3 is 5.32 Å². The number of nitrogens with one attached hydrogen (secondary N) is 1. The van der Waals surface area contributed by atoms with Crippen molar-refractivity contribution in [3.8, 4) is 0 Å². The standard InChI is InChI=1S/C17H18BrClN2O3S2/c1-26(23,24)21(15-4-2-3-13(18)11-15)12-17(22)20-9-10-25-16-7-5-14(19)6-8-16/h2-8,11H,9-10,12H2,1H3,(H,20,22). The maximum Gasteiger partial charge on any atom is 0.240 e. The fourth-order valence-corrected chi connectivity index (χ4v) is 4.24. The Bertz CT molecular complexity index is 861. The highest BCUT2D eigenvalue weighted by atomic mass is 79.9. The molecule has 2 aromatic rings. The van der Waals surface area contributed by atoms with E-state index < -0.39 is 10.0 Å². The third-order valence-corrected chi connectivity index (χ3v) is 6.19. The quantitative estimate of drug-likeness (QED) is 0.464. The first-order valence-electron chi connectivity index (χ1n) is 7.64. The lowest BCUT2D eigenvalue weighted by atomic mass is 10.3. The molecule has 0 saturated carbocycles. The average molecular weight is 478 g/mol. The summed E-state index contributed by atoms with van der Waals surface area (Å²) in [4.78, 5) is 13.2. The third kappa shape index (κ3) is 6.83. The molecule has 0 atom stereocenters. The van der Waals surface area contributed by atoms with E-state index in [1.54, 1.807) is 36.0 Å². The van der Waals surface area contributed by atoms with Gasteiger partial charge in [-0.2, -0.15) is 0 Å². The van der Waals surface area contributed by atoms with E-state index in [0.29, 0.717) is 23.0 Å². The van der Waals surface area contributed by atoms with Crippen LogP contribution in [-0.2, 0) is 14.8 Å². The van der Waals surface area contributed by atoms with Crippen LogP contribution in [0.15, 0.2) is 57.9 Å². The van der Waals surface area contributed by atoms with E-state index in [1.165, 1.54) is 0 Å². The van der Waals surface area contributed by atoms with Gasteiger partial charge in [-0.05, 0) is 42.5 Å². The Morgan fingerprint density at radius 3 is 2.54 bits per heavy atom. The van der Waals surface area contributed by atoms with Crippen LogP contribution in [0.3, 0.4) is 0 Å². The van der Waals surface area contributed by atoms with Gasteiger partial charge in [0.1, 0.15) is 6.54 Å². The normalized spacial score (nSPS) is 11.2. The molecule has 5 nitrogen and oxygen atoms in total. The summed E-state index contributed by atoms with van der Waals surface area (Å²) in [5, 5.41) is 3.42. The zero-order valence-electron chi connectivity index (χ0n) is 14.0. The fraction of sp³-hybridized carbons (Fsp3) is 0.235. The van der Waals surface area contributed by atoms with Gasteiger partial charge >= 0.3 is 0 Å². The molecule has 0 aromatic heterocycles. The smallest absolute Gasteiger partial charge is 0.240 e. The number of rotatable bonds is 8. The molecule has 0 fully saturated rings. The van der Waals surface area contributed by atoms with Crippen LogP contribution in [-0.4, -0.2) is 39.4 Å². The number of hydrogen-bond donors (Lipinski definition) is 1. The molecule has 1 amide bonds. The lowest BCUT2D eigenvalue weighted by Gasteiger charge is -2.22. The summed E-state index contributed by atoms with van der Waals surface area (Å²) < 4.78 is 25.9. The van der Waals surface area contributed by atoms with Crippen molar-refractivity contribution in [2.75, 3.05) is 29.4 Å². The molecule has 0 aliphatic carbocycles. The number of thioether (sulfide) groups is 1. The van der Waals surface area contributed by atoms with E-state index in [4.69, 9.17) is 11.6 Å². The van der Waals surface area contributed by atoms with Gasteiger partial charge in [0, 0.05) is 26.7 Å². The van der Waals surface area contributed by atoms with E-state index in [9.17, 15) is 13.2 Å². The van der Waals surface area contributed by atoms with Crippen molar-refractivity contribution in [1.29, 1.82) is 0 Å². The lowest BCUT2D eigenvalue weighted by molar-refractivity contribution is -0.119. The molecule has 2 aromatic carbocycles. The minimum absolute atomic E-state index is 0.263. The van der Waals surface area contributed by atoms with Gasteiger partial charge in [-0.1, -0.05) is 33.6 Å². The summed E-state index contributed by atoms with van der Waals surface area (Å²) in [6.07, 6.45) is 1.08. The van der Waals surface area contributed by atoms with Crippen molar-refractivity contribution < 1.29 is 13.2 Å². The second kappa shape index (κ2) is 9.64. The van der Waals surface area contributed by atoms with Gasteiger partial charge in [0.15, 0.2) is 0 Å². The number of anilines is 1. The van der Waals surface area contributed by atoms with Crippen LogP contribution in [0.1, 0.15) is 0 Å². The molecule has 0 aliphatic rings. The first kappa shape index (κ1) is 21.1. The number of carbonyl (C=O) groups excluding carboxylic acids is 1. The van der Waals surface area contributed by atoms with Crippen LogP contribution >= 0.6 is 39.3 Å². The molecule has 0 unspecified atom stereocenters. The first-order valence-corrected chi connectivity index (χ1v) is 11.6. The number of sulfonamides is 1. The minimum atomic E-state index is -3.57. The van der Waals surface area contributed by atoms with Crippen LogP contribution in [0.25, 0.3) is 0 Å². The topological polar surface area (TPSA) is 66.5 Å². The van der Waals surface area contributed by atoms with E-state index in [2.05, 4.69) is 21.2 Å². The Kier molecular flexibility index (Phi) is 7.82. The molecule has 2 rings (SSSR count). The molecule has 0 spiro atoms. The zero-order valence-corrected chi connectivity index (χ0v) is 18.0. The molecule has 26 heavy (non-hydrogen) atoms. The molecular formula is C17H18BrClN2O3S2. The zero-order chi connectivity index (χ0) is 19.2. The predicted molar refractivity (Wildman–Crippen MR) is 112 cm³/mol. The summed E-state index contributed by atoms with van der Waals surface area (Å²) in [6, 6.07) is 14.3. The maximum absolute atomic E-state index is 12.2. The molecule has 0 saturated heterocycles. The summed E-state index contributed by atoms with van der Waals surface area (Å²) in [6.45, 7) is 0.170. The van der Waals surface area contributed by atoms with Crippen molar-refractivity contribution in [2.45, 2.75) is 4.90 Å². The SMILES string of the molecule is CS(=O)(=O)N(CC(=O)NCCSc1ccc(Cl)cc1)c1cccc(Br)c1. The summed E-state index contributed by atoms with van der Waals surface area (Å²) in [5.41, 5.74) is 0.438. The van der Waals surface area contributed by atoms with Crippen molar-refractivity contribution in [3.05, 3.63) is 58.0 Å². The number of hydrogen-bond acceptors (Lipinski definition) is 4. The van der Waals surface area contributed by atoms with Gasteiger partial charge in [-0.15, -0.1) is 11.8 Å². The Morgan fingerprint density at radius 1 is 1.23 bits per heavy atom. The van der Waals surface area contributed by atoms with Crippen molar-refractivity contribution in [3.63, 3.8) is 0 Å². The molecule has 9 heteroatoms. The summed E-state index contributed by atoms with van der Waals surface area (Å²) in [5.74, 6) is 0.315. The van der Waals surface area contributed by atoms with Gasteiger partial charge in [-0.3, -0.25) is 9.10 Å². The first-order chi connectivity index (χ1) is 12.3. The lowest BCUT2D eigenvalue weighted by Crippen LogP contribution is -2.41. The molecule has 0 bridgehead atoms. The van der Waals surface area contributed by atoms with Crippen LogP contribution in [0.5, 0.6) is 0 Å². The number of carbonyl (C=O) groups is 1. The Balaban J connectivity index is 1.88. The maximum atomic E-state index is 12.2. The van der Waals surface area contributed by atoms with Crippen LogP contribution in [0.4, 0.5) is 5.69 Å². The molecule has 0 aliphatic heterocycles. The Morgan fingerprint density at radius 2 is 1.92 bits per heavy atom. The molecule has 1 N–H and O–H groups in total. The average Bonchev–Trinajstić information content (AvgIpc) is 2.57. The highest BCUT2D eigenvalue weighted by Crippen LogP contribution is 2.22. The van der Waals surface area contributed by atoms with Crippen LogP contribution < -0.4 is 9.62 Å². The van der Waals surface area contributed by atoms with E-state index in [1.807, 2.05) is 24.3 Å². The summed E-state index contributed by atoms with van der Waals surface area (Å²) >= 11 is 10.7. The van der Waals surface area contributed by atoms with Crippen molar-refractivity contribution >= 4 is 60.9 Å². The largest absolute Gasteiger partial charge is 0.354 e. The minimum Gasteiger partial charge on any atom is -0.354 e. The monoisotopic (exact) mass is 476 g/mol. The second-order valence-electron chi connectivity index (χ2n) is 5.40. The van der Waals surface area contributed by atoms with E-state index in [-0.39, 0.29) is 12.5 Å². The van der Waals surface area contributed by atoms with Crippen molar-refractivity contribution in [2.24, 2.45) is 0 Å². The van der Waals surface area contributed by atoms with Crippen molar-refractivity contribution in [1.82, 2.24) is 5.32 Å². The molecule has 0 heterocycles. The third-order valence-electron chi connectivity index (χ3n) is 3.29. The Hall–Kier alpha value is -1.22. The molecule has 140 valence electrons. The highest BCUT2D eigenvalue weighted by Gasteiger charge is 2.20. The van der Waals surface area contributed by atoms with Gasteiger partial charge in [0.05, 0.1) is 11.9 Å². The number of nitrogens with zero attached hydrogens (tertiary/aromatic N) is 1. The van der Waals surface area contributed by atoms with Crippen LogP contribution in [0.2, 0.25) is 5.02 Å². The van der Waals surface area contributed by atoms with Gasteiger partial charge in [-0.25, -0.2) is 8.42 Å². The van der Waals surface area contributed by atoms with Gasteiger partial charge in [0.2, 0.25) is 15.9 Å². The Labute approximate surface area is 171 Å². The summed E-state index contributed by atoms with van der Waals surface area (Å²) in [7, 11) is -3.57. The second-order valence-corrected chi connectivity index (χ2v) is 9.83.